The molecule has 0 rings (SSSR count). The zero-order valence-corrected chi connectivity index (χ0v) is 40.6. The first-order chi connectivity index (χ1) is 29.5. The minimum absolute atomic E-state index is 0.0278. The summed E-state index contributed by atoms with van der Waals surface area (Å²) in [6.45, 7) is 14.4. The van der Waals surface area contributed by atoms with Crippen molar-refractivity contribution < 1.29 is 81.5 Å². The topological polar surface area (TPSA) is 347 Å². The van der Waals surface area contributed by atoms with Crippen molar-refractivity contribution in [2.45, 2.75) is 40.0 Å². The summed E-state index contributed by atoms with van der Waals surface area (Å²) in [5, 5.41) is 63.5. The van der Waals surface area contributed by atoms with Gasteiger partial charge in [0.25, 0.3) is 10.1 Å². The molecule has 0 saturated heterocycles. The van der Waals surface area contributed by atoms with Crippen molar-refractivity contribution in [1.82, 2.24) is 0 Å². The van der Waals surface area contributed by atoms with E-state index in [-0.39, 0.29) is 59.4 Å². The first-order valence-electron chi connectivity index (χ1n) is 19.3. The molecule has 374 valence electrons. The van der Waals surface area contributed by atoms with E-state index in [1.54, 1.807) is 0 Å². The van der Waals surface area contributed by atoms with Gasteiger partial charge in [0.15, 0.2) is 0 Å². The number of aliphatic hydroxyl groups excluding tert-OH is 7. The highest BCUT2D eigenvalue weighted by molar-refractivity contribution is 9.09. The summed E-state index contributed by atoms with van der Waals surface area (Å²) in [5.41, 5.74) is 15.4. The number of rotatable bonds is 33. The maximum absolute atomic E-state index is 10.4. The number of azide groups is 2. The number of halogens is 3. The molecule has 0 aliphatic carbocycles. The quantitative estimate of drug-likeness (QED) is 0.0124. The van der Waals surface area contributed by atoms with Crippen LogP contribution in [0.1, 0.15) is 40.0 Å². The molecular formula is C34H79BrCl2N6O17S. The van der Waals surface area contributed by atoms with E-state index in [9.17, 15) is 8.42 Å². The number of nitrogens with zero attached hydrogens (tertiary/aromatic N) is 6. The molecule has 0 unspecified atom stereocenters. The van der Waals surface area contributed by atoms with Crippen LogP contribution >= 0.6 is 39.1 Å². The molecule has 0 spiro atoms. The average Bonchev–Trinajstić information content (AvgIpc) is 3.26. The van der Waals surface area contributed by atoms with Gasteiger partial charge >= 0.3 is 0 Å². The highest BCUT2D eigenvalue weighted by Gasteiger charge is 1.99. The average molecular weight is 1030 g/mol. The molecular weight excluding hydrogens is 947 g/mol. The Balaban J connectivity index is -0.0000000890. The van der Waals surface area contributed by atoms with E-state index in [1.807, 2.05) is 20.8 Å². The molecule has 0 bridgehead atoms. The lowest BCUT2D eigenvalue weighted by atomic mass is 10.5. The van der Waals surface area contributed by atoms with E-state index in [0.717, 1.165) is 38.7 Å². The highest BCUT2D eigenvalue weighted by Crippen LogP contribution is 1.87. The zero-order chi connectivity index (χ0) is 48.2. The lowest BCUT2D eigenvalue weighted by Crippen LogP contribution is -2.09. The van der Waals surface area contributed by atoms with Crippen molar-refractivity contribution in [1.29, 1.82) is 0 Å². The maximum atomic E-state index is 10.4. The third-order valence-corrected chi connectivity index (χ3v) is 5.57. The second-order valence-corrected chi connectivity index (χ2v) is 13.0. The molecule has 0 fully saturated rings. The molecule has 0 heterocycles. The molecule has 0 aliphatic rings. The second kappa shape index (κ2) is 89.9. The van der Waals surface area contributed by atoms with Crippen LogP contribution in [0.15, 0.2) is 10.2 Å². The van der Waals surface area contributed by atoms with E-state index in [4.69, 9.17) is 98.4 Å². The van der Waals surface area contributed by atoms with Crippen LogP contribution in [-0.2, 0) is 47.5 Å². The molecule has 0 atom stereocenters. The smallest absolute Gasteiger partial charge is 0.264 e. The van der Waals surface area contributed by atoms with Crippen LogP contribution in [0.3, 0.4) is 0 Å². The van der Waals surface area contributed by atoms with Gasteiger partial charge in [-0.3, -0.25) is 4.18 Å². The van der Waals surface area contributed by atoms with Crippen molar-refractivity contribution in [2.24, 2.45) is 10.2 Å². The Morgan fingerprint density at radius 1 is 0.475 bits per heavy atom. The third kappa shape index (κ3) is 148. The SMILES string of the molecule is CCCOCCN=[N+]=[N-].CCCOCCO.CCCOCCOS(C)(=O)=O.OCCBr.OCCOCCCl.OCCOCCO.OCCOCCOCCCl.[N-]=[N+]=NCCO. The minimum atomic E-state index is -3.29. The van der Waals surface area contributed by atoms with Crippen LogP contribution in [0.5, 0.6) is 0 Å². The van der Waals surface area contributed by atoms with Crippen LogP contribution in [0, 0.1) is 0 Å². The normalized spacial score (nSPS) is 9.48. The monoisotopic (exact) mass is 1020 g/mol. The maximum Gasteiger partial charge on any atom is 0.264 e. The van der Waals surface area contributed by atoms with Gasteiger partial charge in [0.1, 0.15) is 0 Å². The van der Waals surface area contributed by atoms with Gasteiger partial charge < -0.3 is 68.9 Å². The van der Waals surface area contributed by atoms with Gasteiger partial charge in [-0.2, -0.15) is 8.42 Å². The second-order valence-electron chi connectivity index (χ2n) is 9.85. The number of hydrogen-bond donors (Lipinski definition) is 7. The minimum Gasteiger partial charge on any atom is -0.396 e. The summed E-state index contributed by atoms with van der Waals surface area (Å²) in [5.74, 6) is 1.01. The largest absolute Gasteiger partial charge is 0.396 e. The van der Waals surface area contributed by atoms with Crippen LogP contribution in [0.4, 0.5) is 0 Å². The van der Waals surface area contributed by atoms with Gasteiger partial charge in [-0.1, -0.05) is 46.9 Å². The standard InChI is InChI=1S/C6H13ClO3.C6H14O4S.C5H11N3O.C5H12O2.C4H9ClO2.C4H10O3.C2H5BrO.C2H5N3O/c7-1-3-9-5-6-10-4-2-8;1-3-4-9-5-6-10-11(2,7)8;1-2-4-9-5-3-7-8-6;1-2-4-7-5-3-6;2*5-1-3-7-4-2-6;3-1-2-4;3-5-4-1-2-6/h8H,1-6H2;3-6H2,1-2H3;2-5H2,1H3;6H,2-5H2,1H3;6H,1-4H2;5-6H,1-4H2;4H,1-2H2;6H,1-2H2. The number of aliphatic hydroxyl groups is 7. The highest BCUT2D eigenvalue weighted by atomic mass is 79.9. The summed E-state index contributed by atoms with van der Waals surface area (Å²) < 4.78 is 59.4. The lowest BCUT2D eigenvalue weighted by Gasteiger charge is -2.01. The molecule has 23 nitrogen and oxygen atoms in total. The van der Waals surface area contributed by atoms with Gasteiger partial charge in [0.2, 0.25) is 0 Å². The van der Waals surface area contributed by atoms with Crippen LogP contribution in [-0.4, -0.2) is 226 Å². The Kier molecular flexibility index (Phi) is 114. The Morgan fingerprint density at radius 3 is 1.07 bits per heavy atom. The molecule has 0 radical (unpaired) electrons. The van der Waals surface area contributed by atoms with E-state index in [1.165, 1.54) is 0 Å². The molecule has 0 amide bonds. The molecule has 0 saturated carbocycles. The fourth-order valence-electron chi connectivity index (χ4n) is 2.18. The molecule has 27 heteroatoms. The fraction of sp³-hybridized carbons (Fsp3) is 1.00. The molecule has 0 aromatic carbocycles. The van der Waals surface area contributed by atoms with Crippen molar-refractivity contribution in [3.05, 3.63) is 20.9 Å². The first kappa shape index (κ1) is 77.3. The summed E-state index contributed by atoms with van der Waals surface area (Å²) in [4.78, 5) is 4.97. The van der Waals surface area contributed by atoms with Crippen molar-refractivity contribution >= 4 is 49.2 Å². The molecule has 61 heavy (non-hydrogen) atoms. The summed E-state index contributed by atoms with van der Waals surface area (Å²) in [6.07, 6.45) is 3.99. The van der Waals surface area contributed by atoms with Crippen molar-refractivity contribution in [2.75, 3.05) is 182 Å². The molecule has 0 aromatic rings. The number of ether oxygens (including phenoxy) is 7. The predicted octanol–water partition coefficient (Wildman–Crippen LogP) is 2.65. The van der Waals surface area contributed by atoms with Gasteiger partial charge in [-0.15, -0.1) is 23.2 Å². The van der Waals surface area contributed by atoms with E-state index >= 15 is 0 Å². The lowest BCUT2D eigenvalue weighted by molar-refractivity contribution is 0.0375. The molecule has 0 aliphatic heterocycles. The molecule has 0 aromatic heterocycles. The van der Waals surface area contributed by atoms with Gasteiger partial charge in [0, 0.05) is 66.4 Å². The Labute approximate surface area is 382 Å². The van der Waals surface area contributed by atoms with Gasteiger partial charge in [0.05, 0.1) is 125 Å². The predicted molar refractivity (Wildman–Crippen MR) is 240 cm³/mol. The van der Waals surface area contributed by atoms with E-state index in [2.05, 4.69) is 44.9 Å². The summed E-state index contributed by atoms with van der Waals surface area (Å²) in [6, 6.07) is 0. The van der Waals surface area contributed by atoms with Gasteiger partial charge in [-0.25, -0.2) is 0 Å². The van der Waals surface area contributed by atoms with E-state index < -0.39 is 10.1 Å². The van der Waals surface area contributed by atoms with Crippen molar-refractivity contribution in [3.63, 3.8) is 0 Å². The number of hydrogen-bond acceptors (Lipinski definition) is 19. The number of alkyl halides is 3. The fourth-order valence-corrected chi connectivity index (χ4v) is 2.77. The zero-order valence-electron chi connectivity index (χ0n) is 36.7. The Morgan fingerprint density at radius 2 is 0.770 bits per heavy atom. The molecule has 7 N–H and O–H groups in total. The van der Waals surface area contributed by atoms with Crippen LogP contribution in [0.25, 0.3) is 20.9 Å². The van der Waals surface area contributed by atoms with E-state index in [0.29, 0.717) is 103 Å². The summed E-state index contributed by atoms with van der Waals surface area (Å²) >= 11 is 13.6. The van der Waals surface area contributed by atoms with Crippen LogP contribution < -0.4 is 0 Å². The summed E-state index contributed by atoms with van der Waals surface area (Å²) in [7, 11) is -3.29. The first-order valence-corrected chi connectivity index (χ1v) is 23.3. The van der Waals surface area contributed by atoms with Gasteiger partial charge in [-0.05, 0) is 30.3 Å². The Bertz CT molecular complexity index is 853. The third-order valence-electron chi connectivity index (χ3n) is 4.31. The Hall–Kier alpha value is -0.970. The van der Waals surface area contributed by atoms with Crippen molar-refractivity contribution in [3.8, 4) is 0 Å². The van der Waals surface area contributed by atoms with Crippen LogP contribution in [0.2, 0.25) is 0 Å².